The minimum absolute atomic E-state index is 0.0995. The van der Waals surface area contributed by atoms with E-state index in [9.17, 15) is 4.79 Å². The van der Waals surface area contributed by atoms with Crippen LogP contribution in [0.1, 0.15) is 54.4 Å². The normalized spacial score (nSPS) is 16.9. The van der Waals surface area contributed by atoms with E-state index in [2.05, 4.69) is 5.16 Å². The summed E-state index contributed by atoms with van der Waals surface area (Å²) >= 11 is 0. The Morgan fingerprint density at radius 1 is 1.29 bits per heavy atom. The number of aromatic nitrogens is 1. The van der Waals surface area contributed by atoms with E-state index in [1.54, 1.807) is 0 Å². The first-order valence-electron chi connectivity index (χ1n) is 6.48. The monoisotopic (exact) mass is 236 g/mol. The Hall–Kier alpha value is -1.32. The van der Waals surface area contributed by atoms with Crippen molar-refractivity contribution in [2.24, 2.45) is 0 Å². The molecule has 1 amide bonds. The summed E-state index contributed by atoms with van der Waals surface area (Å²) in [5.74, 6) is 0.749. The molecule has 1 fully saturated rings. The zero-order valence-electron chi connectivity index (χ0n) is 10.7. The molecule has 1 aliphatic heterocycles. The molecule has 0 aromatic carbocycles. The Balaban J connectivity index is 2.20. The Labute approximate surface area is 102 Å². The zero-order valence-corrected chi connectivity index (χ0v) is 10.7. The van der Waals surface area contributed by atoms with E-state index in [0.29, 0.717) is 11.3 Å². The second-order valence-corrected chi connectivity index (χ2v) is 4.62. The Morgan fingerprint density at radius 2 is 1.94 bits per heavy atom. The predicted octanol–water partition coefficient (Wildman–Crippen LogP) is 2.56. The summed E-state index contributed by atoms with van der Waals surface area (Å²) in [6.45, 7) is 5.55. The molecule has 0 atom stereocenters. The summed E-state index contributed by atoms with van der Waals surface area (Å²) in [5.41, 5.74) is 1.48. The van der Waals surface area contributed by atoms with Crippen LogP contribution in [0.4, 0.5) is 0 Å². The lowest BCUT2D eigenvalue weighted by Crippen LogP contribution is -2.32. The highest BCUT2D eigenvalue weighted by molar-refractivity contribution is 5.96. The van der Waals surface area contributed by atoms with Crippen molar-refractivity contribution in [3.05, 3.63) is 17.0 Å². The molecule has 0 aliphatic carbocycles. The van der Waals surface area contributed by atoms with Gasteiger partial charge in [0.1, 0.15) is 11.3 Å². The molecule has 0 spiro atoms. The largest absolute Gasteiger partial charge is 0.361 e. The first kappa shape index (κ1) is 12.1. The predicted molar refractivity (Wildman–Crippen MR) is 65.0 cm³/mol. The lowest BCUT2D eigenvalue weighted by molar-refractivity contribution is 0.0759. The first-order chi connectivity index (χ1) is 8.24. The quantitative estimate of drug-likeness (QED) is 0.792. The van der Waals surface area contributed by atoms with Crippen LogP contribution in [0.5, 0.6) is 0 Å². The van der Waals surface area contributed by atoms with Gasteiger partial charge in [-0.15, -0.1) is 0 Å². The lowest BCUT2D eigenvalue weighted by atomic mass is 10.1. The number of nitrogens with zero attached hydrogens (tertiary/aromatic N) is 2. The van der Waals surface area contributed by atoms with Gasteiger partial charge in [-0.05, 0) is 26.2 Å². The van der Waals surface area contributed by atoms with E-state index >= 15 is 0 Å². The Kier molecular flexibility index (Phi) is 3.82. The van der Waals surface area contributed by atoms with Crippen molar-refractivity contribution in [2.75, 3.05) is 13.1 Å². The molecule has 0 N–H and O–H groups in total. The maximum absolute atomic E-state index is 12.4. The molecule has 0 saturated carbocycles. The highest BCUT2D eigenvalue weighted by atomic mass is 16.5. The molecule has 4 nitrogen and oxygen atoms in total. The maximum atomic E-state index is 12.4. The number of aryl methyl sites for hydroxylation is 2. The van der Waals surface area contributed by atoms with Gasteiger partial charge in [0, 0.05) is 13.1 Å². The molecule has 1 aliphatic rings. The van der Waals surface area contributed by atoms with E-state index in [1.165, 1.54) is 12.8 Å². The molecule has 94 valence electrons. The molecule has 1 aromatic heterocycles. The molecular formula is C13H20N2O2. The van der Waals surface area contributed by atoms with Gasteiger partial charge in [0.2, 0.25) is 0 Å². The van der Waals surface area contributed by atoms with Crippen molar-refractivity contribution < 1.29 is 9.32 Å². The Bertz CT molecular complexity index is 390. The average molecular weight is 236 g/mol. The number of amides is 1. The lowest BCUT2D eigenvalue weighted by Gasteiger charge is -2.20. The van der Waals surface area contributed by atoms with Crippen molar-refractivity contribution in [2.45, 2.75) is 46.0 Å². The fourth-order valence-electron chi connectivity index (χ4n) is 2.37. The van der Waals surface area contributed by atoms with Gasteiger partial charge in [-0.3, -0.25) is 4.79 Å². The van der Waals surface area contributed by atoms with Crippen LogP contribution >= 0.6 is 0 Å². The van der Waals surface area contributed by atoms with Gasteiger partial charge in [0.15, 0.2) is 0 Å². The highest BCUT2D eigenvalue weighted by Gasteiger charge is 2.24. The highest BCUT2D eigenvalue weighted by Crippen LogP contribution is 2.19. The van der Waals surface area contributed by atoms with E-state index in [1.807, 2.05) is 18.7 Å². The smallest absolute Gasteiger partial charge is 0.259 e. The van der Waals surface area contributed by atoms with Crippen LogP contribution in [0.25, 0.3) is 0 Å². The number of hydrogen-bond donors (Lipinski definition) is 0. The fraction of sp³-hybridized carbons (Fsp3) is 0.692. The number of rotatable bonds is 2. The van der Waals surface area contributed by atoms with Crippen LogP contribution < -0.4 is 0 Å². The molecule has 4 heteroatoms. The zero-order chi connectivity index (χ0) is 12.3. The molecule has 2 heterocycles. The van der Waals surface area contributed by atoms with E-state index in [0.717, 1.165) is 38.0 Å². The minimum atomic E-state index is 0.0995. The number of likely N-dealkylation sites (tertiary alicyclic amines) is 1. The third kappa shape index (κ3) is 2.51. The van der Waals surface area contributed by atoms with Crippen molar-refractivity contribution >= 4 is 5.91 Å². The maximum Gasteiger partial charge on any atom is 0.259 e. The van der Waals surface area contributed by atoms with Crippen LogP contribution in [-0.4, -0.2) is 29.1 Å². The number of carbonyl (C=O) groups excluding carboxylic acids is 1. The van der Waals surface area contributed by atoms with Gasteiger partial charge in [-0.25, -0.2) is 0 Å². The molecule has 1 saturated heterocycles. The van der Waals surface area contributed by atoms with Gasteiger partial charge in [-0.2, -0.15) is 0 Å². The topological polar surface area (TPSA) is 46.3 Å². The summed E-state index contributed by atoms with van der Waals surface area (Å²) in [7, 11) is 0. The summed E-state index contributed by atoms with van der Waals surface area (Å²) in [5, 5.41) is 3.95. The van der Waals surface area contributed by atoms with Crippen molar-refractivity contribution in [1.29, 1.82) is 0 Å². The van der Waals surface area contributed by atoms with Gasteiger partial charge >= 0.3 is 0 Å². The molecule has 0 unspecified atom stereocenters. The van der Waals surface area contributed by atoms with E-state index in [-0.39, 0.29) is 5.91 Å². The SMILES string of the molecule is CCc1noc(C)c1C(=O)N1CCCCCC1. The van der Waals surface area contributed by atoms with Crippen molar-refractivity contribution in [1.82, 2.24) is 10.1 Å². The van der Waals surface area contributed by atoms with Crippen LogP contribution in [0, 0.1) is 6.92 Å². The second kappa shape index (κ2) is 5.34. The second-order valence-electron chi connectivity index (χ2n) is 4.62. The summed E-state index contributed by atoms with van der Waals surface area (Å²) in [6, 6.07) is 0. The average Bonchev–Trinajstić information content (AvgIpc) is 2.56. The van der Waals surface area contributed by atoms with E-state index < -0.39 is 0 Å². The molecular weight excluding hydrogens is 216 g/mol. The molecule has 17 heavy (non-hydrogen) atoms. The number of hydrogen-bond acceptors (Lipinski definition) is 3. The standard InChI is InChI=1S/C13H20N2O2/c1-3-11-12(10(2)17-14-11)13(16)15-8-6-4-5-7-9-15/h3-9H2,1-2H3. The van der Waals surface area contributed by atoms with Crippen molar-refractivity contribution in [3.63, 3.8) is 0 Å². The first-order valence-corrected chi connectivity index (χ1v) is 6.48. The molecule has 1 aromatic rings. The summed E-state index contributed by atoms with van der Waals surface area (Å²) < 4.78 is 5.13. The fourth-order valence-corrected chi connectivity index (χ4v) is 2.37. The van der Waals surface area contributed by atoms with Gasteiger partial charge < -0.3 is 9.42 Å². The summed E-state index contributed by atoms with van der Waals surface area (Å²) in [4.78, 5) is 14.4. The summed E-state index contributed by atoms with van der Waals surface area (Å²) in [6.07, 6.45) is 5.42. The third-order valence-electron chi connectivity index (χ3n) is 3.38. The third-order valence-corrected chi connectivity index (χ3v) is 3.38. The van der Waals surface area contributed by atoms with E-state index in [4.69, 9.17) is 4.52 Å². The molecule has 0 radical (unpaired) electrons. The van der Waals surface area contributed by atoms with Crippen LogP contribution in [0.3, 0.4) is 0 Å². The van der Waals surface area contributed by atoms with Crippen LogP contribution in [0.15, 0.2) is 4.52 Å². The molecule has 0 bridgehead atoms. The van der Waals surface area contributed by atoms with Gasteiger partial charge in [-0.1, -0.05) is 24.9 Å². The van der Waals surface area contributed by atoms with Crippen LogP contribution in [0.2, 0.25) is 0 Å². The number of carbonyl (C=O) groups is 1. The van der Waals surface area contributed by atoms with Gasteiger partial charge in [0.25, 0.3) is 5.91 Å². The minimum Gasteiger partial charge on any atom is -0.361 e. The molecule has 2 rings (SSSR count). The Morgan fingerprint density at radius 3 is 2.53 bits per heavy atom. The van der Waals surface area contributed by atoms with Crippen LogP contribution in [-0.2, 0) is 6.42 Å². The van der Waals surface area contributed by atoms with Crippen molar-refractivity contribution in [3.8, 4) is 0 Å². The van der Waals surface area contributed by atoms with Gasteiger partial charge in [0.05, 0.1) is 5.69 Å².